The Kier molecular flexibility index (Phi) is 6.00. The van der Waals surface area contributed by atoms with Crippen molar-refractivity contribution in [3.05, 3.63) is 33.9 Å². The maximum absolute atomic E-state index is 12.1. The topological polar surface area (TPSA) is 87.5 Å². The van der Waals surface area contributed by atoms with Gasteiger partial charge in [0.2, 0.25) is 0 Å². The van der Waals surface area contributed by atoms with E-state index in [0.29, 0.717) is 23.7 Å². The molecule has 1 aliphatic carbocycles. The van der Waals surface area contributed by atoms with Gasteiger partial charge < -0.3 is 15.5 Å². The first-order chi connectivity index (χ1) is 11.8. The highest BCUT2D eigenvalue weighted by Gasteiger charge is 2.37. The van der Waals surface area contributed by atoms with Gasteiger partial charge >= 0.3 is 0 Å². The first kappa shape index (κ1) is 19.2. The highest BCUT2D eigenvalue weighted by Crippen LogP contribution is 2.36. The normalized spacial score (nSPS) is 23.3. The van der Waals surface area contributed by atoms with Gasteiger partial charge in [0, 0.05) is 37.0 Å². The molecule has 1 aromatic rings. The van der Waals surface area contributed by atoms with Crippen molar-refractivity contribution < 1.29 is 9.72 Å². The number of nitro groups is 1. The van der Waals surface area contributed by atoms with E-state index in [4.69, 9.17) is 0 Å². The quantitative estimate of drug-likeness (QED) is 0.610. The number of nitrogens with one attached hydrogen (secondary N) is 2. The number of nitro benzene ring substituents is 1. The molecule has 0 bridgehead atoms. The predicted molar refractivity (Wildman–Crippen MR) is 99.0 cm³/mol. The van der Waals surface area contributed by atoms with Gasteiger partial charge in [-0.05, 0) is 38.9 Å². The maximum atomic E-state index is 12.1. The molecule has 0 radical (unpaired) electrons. The number of hydrogen-bond donors (Lipinski definition) is 2. The molecule has 2 rings (SSSR count). The van der Waals surface area contributed by atoms with E-state index in [-0.39, 0.29) is 17.1 Å². The Morgan fingerprint density at radius 2 is 2.16 bits per heavy atom. The lowest BCUT2D eigenvalue weighted by atomic mass is 9.75. The van der Waals surface area contributed by atoms with Crippen LogP contribution in [0.2, 0.25) is 0 Å². The first-order valence-electron chi connectivity index (χ1n) is 8.71. The Morgan fingerprint density at radius 3 is 2.72 bits per heavy atom. The summed E-state index contributed by atoms with van der Waals surface area (Å²) in [6, 6.07) is 4.38. The molecule has 2 N–H and O–H groups in total. The Balaban J connectivity index is 2.26. The van der Waals surface area contributed by atoms with Crippen LogP contribution in [0.1, 0.15) is 43.0 Å². The SMILES string of the molecule is CNC(=O)c1cc([N+](=O)[O-])ccc1NCC1(N(C)C)CCCC(C)C1. The van der Waals surface area contributed by atoms with E-state index >= 15 is 0 Å². The number of likely N-dealkylation sites (N-methyl/N-ethyl adjacent to an activating group) is 1. The summed E-state index contributed by atoms with van der Waals surface area (Å²) in [7, 11) is 5.71. The van der Waals surface area contributed by atoms with Gasteiger partial charge in [0.15, 0.2) is 0 Å². The van der Waals surface area contributed by atoms with Gasteiger partial charge in [-0.1, -0.05) is 19.8 Å². The van der Waals surface area contributed by atoms with E-state index in [1.807, 2.05) is 0 Å². The largest absolute Gasteiger partial charge is 0.383 e. The smallest absolute Gasteiger partial charge is 0.270 e. The van der Waals surface area contributed by atoms with Gasteiger partial charge in [-0.25, -0.2) is 0 Å². The van der Waals surface area contributed by atoms with Crippen molar-refractivity contribution in [3.8, 4) is 0 Å². The summed E-state index contributed by atoms with van der Waals surface area (Å²) in [5.41, 5.74) is 0.871. The summed E-state index contributed by atoms with van der Waals surface area (Å²) in [5.74, 6) is 0.329. The third kappa shape index (κ3) is 4.28. The van der Waals surface area contributed by atoms with Crippen molar-refractivity contribution in [2.75, 3.05) is 33.0 Å². The lowest BCUT2D eigenvalue weighted by molar-refractivity contribution is -0.384. The molecule has 25 heavy (non-hydrogen) atoms. The van der Waals surface area contributed by atoms with E-state index in [1.54, 1.807) is 6.07 Å². The molecule has 0 aromatic heterocycles. The Hall–Kier alpha value is -2.15. The number of nitrogens with zero attached hydrogens (tertiary/aromatic N) is 2. The average Bonchev–Trinajstić information content (AvgIpc) is 2.58. The molecule has 0 aliphatic heterocycles. The molecule has 0 saturated heterocycles. The van der Waals surface area contributed by atoms with Gasteiger partial charge in [0.1, 0.15) is 0 Å². The maximum Gasteiger partial charge on any atom is 0.270 e. The molecule has 1 amide bonds. The second kappa shape index (κ2) is 7.82. The molecule has 7 heteroatoms. The van der Waals surface area contributed by atoms with Crippen LogP contribution in [-0.2, 0) is 0 Å². The summed E-state index contributed by atoms with van der Waals surface area (Å²) in [6.07, 6.45) is 4.62. The highest BCUT2D eigenvalue weighted by molar-refractivity contribution is 6.00. The third-order valence-electron chi connectivity index (χ3n) is 5.31. The Morgan fingerprint density at radius 1 is 1.44 bits per heavy atom. The van der Waals surface area contributed by atoms with Crippen LogP contribution < -0.4 is 10.6 Å². The van der Waals surface area contributed by atoms with Gasteiger partial charge in [-0.3, -0.25) is 14.9 Å². The van der Waals surface area contributed by atoms with Crippen LogP contribution in [0.25, 0.3) is 0 Å². The fourth-order valence-corrected chi connectivity index (χ4v) is 3.74. The number of carbonyl (C=O) groups is 1. The molecule has 1 aliphatic rings. The van der Waals surface area contributed by atoms with Gasteiger partial charge in [-0.2, -0.15) is 0 Å². The van der Waals surface area contributed by atoms with Crippen molar-refractivity contribution in [2.45, 2.75) is 38.1 Å². The third-order valence-corrected chi connectivity index (χ3v) is 5.31. The van der Waals surface area contributed by atoms with Crippen molar-refractivity contribution in [3.63, 3.8) is 0 Å². The van der Waals surface area contributed by atoms with Crippen LogP contribution >= 0.6 is 0 Å². The van der Waals surface area contributed by atoms with Gasteiger partial charge in [-0.15, -0.1) is 0 Å². The molecular formula is C18H28N4O3. The Labute approximate surface area is 148 Å². The molecule has 7 nitrogen and oxygen atoms in total. The van der Waals surface area contributed by atoms with Crippen LogP contribution in [0.3, 0.4) is 0 Å². The molecule has 138 valence electrons. The monoisotopic (exact) mass is 348 g/mol. The van der Waals surface area contributed by atoms with Crippen molar-refractivity contribution in [1.82, 2.24) is 10.2 Å². The molecule has 0 spiro atoms. The number of benzene rings is 1. The lowest BCUT2D eigenvalue weighted by Crippen LogP contribution is -2.52. The van der Waals surface area contributed by atoms with Crippen molar-refractivity contribution in [2.24, 2.45) is 5.92 Å². The zero-order valence-corrected chi connectivity index (χ0v) is 15.5. The summed E-state index contributed by atoms with van der Waals surface area (Å²) < 4.78 is 0. The molecular weight excluding hydrogens is 320 g/mol. The molecule has 1 aromatic carbocycles. The second-order valence-corrected chi connectivity index (χ2v) is 7.24. The Bertz CT molecular complexity index is 647. The van der Waals surface area contributed by atoms with Crippen LogP contribution in [0.4, 0.5) is 11.4 Å². The average molecular weight is 348 g/mol. The van der Waals surface area contributed by atoms with Crippen LogP contribution in [-0.4, -0.2) is 49.0 Å². The second-order valence-electron chi connectivity index (χ2n) is 7.24. The summed E-state index contributed by atoms with van der Waals surface area (Å²) in [6.45, 7) is 2.98. The van der Waals surface area contributed by atoms with Crippen LogP contribution in [0, 0.1) is 16.0 Å². The summed E-state index contributed by atoms with van der Waals surface area (Å²) in [4.78, 5) is 24.9. The predicted octanol–water partition coefficient (Wildman–Crippen LogP) is 2.88. The molecule has 2 unspecified atom stereocenters. The fourth-order valence-electron chi connectivity index (χ4n) is 3.74. The minimum absolute atomic E-state index is 0.0272. The lowest BCUT2D eigenvalue weighted by Gasteiger charge is -2.45. The van der Waals surface area contributed by atoms with E-state index in [2.05, 4.69) is 36.6 Å². The zero-order chi connectivity index (χ0) is 18.6. The molecule has 1 fully saturated rings. The van der Waals surface area contributed by atoms with Crippen LogP contribution in [0.5, 0.6) is 0 Å². The number of hydrogen-bond acceptors (Lipinski definition) is 5. The van der Waals surface area contributed by atoms with Crippen molar-refractivity contribution in [1.29, 1.82) is 0 Å². The van der Waals surface area contributed by atoms with E-state index in [1.165, 1.54) is 32.0 Å². The van der Waals surface area contributed by atoms with Gasteiger partial charge in [0.05, 0.1) is 10.5 Å². The summed E-state index contributed by atoms with van der Waals surface area (Å²) in [5, 5.41) is 16.9. The van der Waals surface area contributed by atoms with Crippen LogP contribution in [0.15, 0.2) is 18.2 Å². The van der Waals surface area contributed by atoms with E-state index in [0.717, 1.165) is 12.8 Å². The molecule has 0 heterocycles. The highest BCUT2D eigenvalue weighted by atomic mass is 16.6. The van der Waals surface area contributed by atoms with E-state index in [9.17, 15) is 14.9 Å². The first-order valence-corrected chi connectivity index (χ1v) is 8.71. The van der Waals surface area contributed by atoms with Crippen molar-refractivity contribution >= 4 is 17.3 Å². The number of amides is 1. The number of non-ortho nitro benzene ring substituents is 1. The minimum atomic E-state index is -0.486. The minimum Gasteiger partial charge on any atom is -0.383 e. The number of anilines is 1. The molecule has 1 saturated carbocycles. The molecule has 2 atom stereocenters. The number of carbonyl (C=O) groups excluding carboxylic acids is 1. The van der Waals surface area contributed by atoms with E-state index < -0.39 is 4.92 Å². The standard InChI is InChI=1S/C18H28N4O3/c1-13-6-5-9-18(11-13,21(3)4)12-20-16-8-7-14(22(24)25)10-15(16)17(23)19-2/h7-8,10,13,20H,5-6,9,11-12H2,1-4H3,(H,19,23). The van der Waals surface area contributed by atoms with Gasteiger partial charge in [0.25, 0.3) is 11.6 Å². The summed E-state index contributed by atoms with van der Waals surface area (Å²) >= 11 is 0. The zero-order valence-electron chi connectivity index (χ0n) is 15.5. The number of rotatable bonds is 6. The fraction of sp³-hybridized carbons (Fsp3) is 0.611.